The van der Waals surface area contributed by atoms with E-state index in [1.165, 1.54) is 23.2 Å². The number of hydrogen-bond donors (Lipinski definition) is 4. The van der Waals surface area contributed by atoms with Crippen LogP contribution in [0.5, 0.6) is 0 Å². The zero-order valence-corrected chi connectivity index (χ0v) is 12.4. The first-order chi connectivity index (χ1) is 11.0. The Morgan fingerprint density at radius 3 is 2.83 bits per heavy atom. The summed E-state index contributed by atoms with van der Waals surface area (Å²) in [5.41, 5.74) is 5.56. The average Bonchev–Trinajstić information content (AvgIpc) is 2.83. The van der Waals surface area contributed by atoms with E-state index in [9.17, 15) is 20.1 Å². The summed E-state index contributed by atoms with van der Waals surface area (Å²) >= 11 is 0. The highest BCUT2D eigenvalue weighted by Gasteiger charge is 2.46. The number of aliphatic hydroxyl groups is 3. The number of ether oxygens (including phenoxy) is 1. The topological polar surface area (TPSA) is 144 Å². The number of fused-ring (bicyclic) bond motifs is 1. The van der Waals surface area contributed by atoms with Crippen LogP contribution in [0.4, 0.5) is 5.82 Å². The van der Waals surface area contributed by atoms with Crippen molar-refractivity contribution in [2.75, 3.05) is 5.73 Å². The van der Waals surface area contributed by atoms with E-state index in [0.29, 0.717) is 6.42 Å². The number of pyridine rings is 1. The van der Waals surface area contributed by atoms with Gasteiger partial charge < -0.3 is 30.4 Å². The normalized spacial score (nSPS) is 29.0. The van der Waals surface area contributed by atoms with E-state index in [4.69, 9.17) is 10.5 Å². The maximum absolute atomic E-state index is 12.0. The molecule has 0 aliphatic carbocycles. The molecule has 124 valence electrons. The maximum Gasteiger partial charge on any atom is 0.194 e. The fourth-order valence-electron chi connectivity index (χ4n) is 2.79. The van der Waals surface area contributed by atoms with Gasteiger partial charge in [-0.1, -0.05) is 6.92 Å². The van der Waals surface area contributed by atoms with Gasteiger partial charge in [-0.15, -0.1) is 0 Å². The van der Waals surface area contributed by atoms with Crippen LogP contribution in [0.2, 0.25) is 0 Å². The van der Waals surface area contributed by atoms with Gasteiger partial charge in [-0.25, -0.2) is 9.97 Å². The first-order valence-electron chi connectivity index (χ1n) is 7.26. The molecule has 1 aliphatic heterocycles. The molecule has 0 saturated carbocycles. The fraction of sp³-hybridized carbons (Fsp3) is 0.500. The number of rotatable bonds is 3. The Morgan fingerprint density at radius 2 is 2.13 bits per heavy atom. The molecule has 1 aliphatic rings. The van der Waals surface area contributed by atoms with Crippen LogP contribution in [0.15, 0.2) is 23.4 Å². The molecular weight excluding hydrogens is 304 g/mol. The molecule has 5 N–H and O–H groups in total. The highest BCUT2D eigenvalue weighted by atomic mass is 16.6. The largest absolute Gasteiger partial charge is 0.390 e. The zero-order valence-electron chi connectivity index (χ0n) is 12.4. The summed E-state index contributed by atoms with van der Waals surface area (Å²) in [6.07, 6.45) is -2.45. The quantitative estimate of drug-likeness (QED) is 0.549. The molecule has 3 rings (SSSR count). The SMILES string of the molecule is CC[C@@H](O)[C@H]1O[C@@H](n2ccc(=O)c3c(N)ncnc32)[C@H](O)[C@@H]1O. The van der Waals surface area contributed by atoms with Gasteiger partial charge in [0.2, 0.25) is 0 Å². The molecular formula is C14H18N4O5. The Morgan fingerprint density at radius 1 is 1.39 bits per heavy atom. The van der Waals surface area contributed by atoms with Crippen LogP contribution >= 0.6 is 0 Å². The lowest BCUT2D eigenvalue weighted by Gasteiger charge is -2.21. The minimum Gasteiger partial charge on any atom is -0.390 e. The smallest absolute Gasteiger partial charge is 0.194 e. The van der Waals surface area contributed by atoms with E-state index in [2.05, 4.69) is 9.97 Å². The van der Waals surface area contributed by atoms with Crippen molar-refractivity contribution in [2.24, 2.45) is 0 Å². The molecule has 0 bridgehead atoms. The molecule has 23 heavy (non-hydrogen) atoms. The molecule has 2 aromatic rings. The molecule has 0 unspecified atom stereocenters. The first kappa shape index (κ1) is 15.8. The van der Waals surface area contributed by atoms with Crippen molar-refractivity contribution < 1.29 is 20.1 Å². The molecule has 9 heteroatoms. The van der Waals surface area contributed by atoms with Gasteiger partial charge >= 0.3 is 0 Å². The van der Waals surface area contributed by atoms with Gasteiger partial charge in [0.05, 0.1) is 6.10 Å². The third kappa shape index (κ3) is 2.47. The Labute approximate surface area is 131 Å². The summed E-state index contributed by atoms with van der Waals surface area (Å²) in [4.78, 5) is 19.8. The molecule has 9 nitrogen and oxygen atoms in total. The predicted molar refractivity (Wildman–Crippen MR) is 80.4 cm³/mol. The van der Waals surface area contributed by atoms with E-state index in [-0.39, 0.29) is 22.3 Å². The Kier molecular flexibility index (Phi) is 4.02. The van der Waals surface area contributed by atoms with E-state index >= 15 is 0 Å². The Hall–Kier alpha value is -2.07. The van der Waals surface area contributed by atoms with E-state index in [1.54, 1.807) is 6.92 Å². The third-order valence-corrected chi connectivity index (χ3v) is 4.08. The van der Waals surface area contributed by atoms with Gasteiger partial charge in [0.1, 0.15) is 35.8 Å². The summed E-state index contributed by atoms with van der Waals surface area (Å²) < 4.78 is 7.03. The number of nitrogen functional groups attached to an aromatic ring is 1. The van der Waals surface area contributed by atoms with Crippen molar-refractivity contribution in [3.63, 3.8) is 0 Å². The van der Waals surface area contributed by atoms with Crippen LogP contribution in [0.25, 0.3) is 11.0 Å². The van der Waals surface area contributed by atoms with Crippen LogP contribution in [-0.4, -0.2) is 54.3 Å². The number of aromatic nitrogens is 3. The highest BCUT2D eigenvalue weighted by molar-refractivity contribution is 5.84. The van der Waals surface area contributed by atoms with Crippen molar-refractivity contribution in [3.8, 4) is 0 Å². The van der Waals surface area contributed by atoms with E-state index < -0.39 is 30.6 Å². The second-order valence-electron chi connectivity index (χ2n) is 5.49. The number of anilines is 1. The predicted octanol–water partition coefficient (Wildman–Crippen LogP) is -1.24. The highest BCUT2D eigenvalue weighted by Crippen LogP contribution is 2.33. The Bertz CT molecular complexity index is 779. The summed E-state index contributed by atoms with van der Waals surface area (Å²) in [6, 6.07) is 1.26. The molecule has 0 spiro atoms. The second kappa shape index (κ2) is 5.85. The fourth-order valence-corrected chi connectivity index (χ4v) is 2.79. The van der Waals surface area contributed by atoms with Gasteiger partial charge in [-0.05, 0) is 6.42 Å². The van der Waals surface area contributed by atoms with Gasteiger partial charge in [0.25, 0.3) is 0 Å². The lowest BCUT2D eigenvalue weighted by molar-refractivity contribution is -0.0840. The number of hydrogen-bond acceptors (Lipinski definition) is 8. The summed E-state index contributed by atoms with van der Waals surface area (Å²) in [7, 11) is 0. The van der Waals surface area contributed by atoms with E-state index in [1.807, 2.05) is 0 Å². The minimum atomic E-state index is -1.29. The standard InChI is InChI=1S/C14H18N4O5/c1-2-6(19)11-9(21)10(22)14(23-11)18-4-3-7(20)8-12(15)16-5-17-13(8)18/h3-6,9-11,14,19,21-22H,2H2,1H3,(H2,15,16,17)/t6-,9+,10-,11-,14-/m1/s1. The molecule has 1 fully saturated rings. The van der Waals surface area contributed by atoms with E-state index in [0.717, 1.165) is 0 Å². The molecule has 3 heterocycles. The number of nitrogens with zero attached hydrogens (tertiary/aromatic N) is 3. The second-order valence-corrected chi connectivity index (χ2v) is 5.49. The monoisotopic (exact) mass is 322 g/mol. The zero-order chi connectivity index (χ0) is 16.7. The van der Waals surface area contributed by atoms with Crippen molar-refractivity contribution in [1.29, 1.82) is 0 Å². The average molecular weight is 322 g/mol. The van der Waals surface area contributed by atoms with Crippen LogP contribution in [-0.2, 0) is 4.74 Å². The molecule has 0 radical (unpaired) electrons. The maximum atomic E-state index is 12.0. The number of nitrogens with two attached hydrogens (primary N) is 1. The van der Waals surface area contributed by atoms with Crippen LogP contribution in [0.1, 0.15) is 19.6 Å². The van der Waals surface area contributed by atoms with Crippen molar-refractivity contribution in [2.45, 2.75) is 44.0 Å². The van der Waals surface area contributed by atoms with Gasteiger partial charge in [-0.3, -0.25) is 4.79 Å². The molecule has 2 aromatic heterocycles. The van der Waals surface area contributed by atoms with Crippen LogP contribution in [0.3, 0.4) is 0 Å². The Balaban J connectivity index is 2.09. The van der Waals surface area contributed by atoms with Crippen molar-refractivity contribution >= 4 is 16.9 Å². The first-order valence-corrected chi connectivity index (χ1v) is 7.26. The number of aliphatic hydroxyl groups excluding tert-OH is 3. The summed E-state index contributed by atoms with van der Waals surface area (Å²) in [6.45, 7) is 1.74. The van der Waals surface area contributed by atoms with Crippen molar-refractivity contribution in [3.05, 3.63) is 28.8 Å². The summed E-state index contributed by atoms with van der Waals surface area (Å²) in [5.74, 6) is 0.0209. The van der Waals surface area contributed by atoms with Gasteiger partial charge in [0, 0.05) is 12.3 Å². The lowest BCUT2D eigenvalue weighted by Crippen LogP contribution is -2.38. The molecule has 0 amide bonds. The summed E-state index contributed by atoms with van der Waals surface area (Å²) in [5, 5.41) is 30.4. The van der Waals surface area contributed by atoms with Gasteiger partial charge in [0.15, 0.2) is 17.3 Å². The lowest BCUT2D eigenvalue weighted by atomic mass is 10.0. The van der Waals surface area contributed by atoms with Crippen molar-refractivity contribution in [1.82, 2.24) is 14.5 Å². The third-order valence-electron chi connectivity index (χ3n) is 4.08. The van der Waals surface area contributed by atoms with Crippen LogP contribution in [0, 0.1) is 0 Å². The molecule has 0 aromatic carbocycles. The minimum absolute atomic E-state index is 0.0209. The molecule has 5 atom stereocenters. The van der Waals surface area contributed by atoms with Crippen LogP contribution < -0.4 is 11.2 Å². The van der Waals surface area contributed by atoms with Gasteiger partial charge in [-0.2, -0.15) is 0 Å². The molecule has 1 saturated heterocycles.